The van der Waals surface area contributed by atoms with Gasteiger partial charge >= 0.3 is 0 Å². The number of hydrogen-bond acceptors (Lipinski definition) is 4. The molecular weight excluding hydrogens is 555 g/mol. The summed E-state index contributed by atoms with van der Waals surface area (Å²) in [6, 6.07) is 25.2. The van der Waals surface area contributed by atoms with Crippen molar-refractivity contribution < 1.29 is 17.9 Å². The summed E-state index contributed by atoms with van der Waals surface area (Å²) in [7, 11) is -3.69. The summed E-state index contributed by atoms with van der Waals surface area (Å²) in [5, 5.41) is 3.94. The summed E-state index contributed by atoms with van der Waals surface area (Å²) in [6.45, 7) is -0.0639. The molecule has 0 heterocycles. The van der Waals surface area contributed by atoms with Gasteiger partial charge in [-0.1, -0.05) is 59.1 Å². The van der Waals surface area contributed by atoms with Crippen LogP contribution in [0.4, 0.5) is 11.4 Å². The number of rotatable bonds is 8. The van der Waals surface area contributed by atoms with E-state index in [2.05, 4.69) is 5.32 Å². The van der Waals surface area contributed by atoms with Crippen LogP contribution in [0, 0.1) is 0 Å². The molecule has 0 unspecified atom stereocenters. The number of carbonyl (C=O) groups is 1. The maximum atomic E-state index is 13.0. The first-order chi connectivity index (χ1) is 17.6. The molecule has 0 aromatic heterocycles. The Balaban J connectivity index is 1.56. The fraction of sp³-hybridized carbons (Fsp3) is 0.0741. The molecule has 10 heteroatoms. The van der Waals surface area contributed by atoms with Crippen molar-refractivity contribution >= 4 is 62.1 Å². The number of para-hydroxylation sites is 1. The maximum Gasteiger partial charge on any atom is 0.255 e. The molecule has 6 nitrogen and oxygen atoms in total. The second kappa shape index (κ2) is 11.4. The van der Waals surface area contributed by atoms with Crippen LogP contribution in [0.1, 0.15) is 15.9 Å². The summed E-state index contributed by atoms with van der Waals surface area (Å²) >= 11 is 18.7. The van der Waals surface area contributed by atoms with Crippen LogP contribution in [-0.2, 0) is 16.6 Å². The van der Waals surface area contributed by atoms with Crippen molar-refractivity contribution in [2.24, 2.45) is 0 Å². The van der Waals surface area contributed by atoms with Gasteiger partial charge in [-0.2, -0.15) is 0 Å². The molecule has 0 radical (unpaired) electrons. The summed E-state index contributed by atoms with van der Waals surface area (Å²) < 4.78 is 32.2. The quantitative estimate of drug-likeness (QED) is 0.234. The summed E-state index contributed by atoms with van der Waals surface area (Å²) in [4.78, 5) is 13.0. The third-order valence-corrected chi connectivity index (χ3v) is 7.43. The molecule has 4 aromatic rings. The Kier molecular flexibility index (Phi) is 8.29. The normalized spacial score (nSPS) is 11.1. The highest BCUT2D eigenvalue weighted by Gasteiger charge is 2.21. The number of halogens is 3. The van der Waals surface area contributed by atoms with E-state index in [9.17, 15) is 13.2 Å². The molecule has 0 fully saturated rings. The van der Waals surface area contributed by atoms with Gasteiger partial charge in [0.15, 0.2) is 5.75 Å². The van der Waals surface area contributed by atoms with Gasteiger partial charge in [-0.15, -0.1) is 0 Å². The lowest BCUT2D eigenvalue weighted by atomic mass is 10.1. The zero-order chi connectivity index (χ0) is 26.6. The highest BCUT2D eigenvalue weighted by Crippen LogP contribution is 2.33. The monoisotopic (exact) mass is 574 g/mol. The van der Waals surface area contributed by atoms with Gasteiger partial charge in [-0.25, -0.2) is 8.42 Å². The van der Waals surface area contributed by atoms with E-state index in [-0.39, 0.29) is 6.54 Å². The van der Waals surface area contributed by atoms with E-state index >= 15 is 0 Å². The van der Waals surface area contributed by atoms with Gasteiger partial charge in [-0.3, -0.25) is 9.10 Å². The Hall–Kier alpha value is -3.23. The fourth-order valence-corrected chi connectivity index (χ4v) is 5.06. The number of hydrogen-bond donors (Lipinski definition) is 1. The van der Waals surface area contributed by atoms with E-state index in [1.54, 1.807) is 60.7 Å². The molecule has 0 atom stereocenters. The zero-order valence-electron chi connectivity index (χ0n) is 19.5. The minimum absolute atomic E-state index is 0.0639. The molecule has 0 bridgehead atoms. The number of carbonyl (C=O) groups excluding carboxylic acids is 1. The van der Waals surface area contributed by atoms with Crippen LogP contribution in [0.2, 0.25) is 15.1 Å². The van der Waals surface area contributed by atoms with E-state index in [4.69, 9.17) is 39.5 Å². The number of anilines is 2. The zero-order valence-corrected chi connectivity index (χ0v) is 22.6. The lowest BCUT2D eigenvalue weighted by molar-refractivity contribution is 0.102. The van der Waals surface area contributed by atoms with Crippen molar-refractivity contribution in [1.82, 2.24) is 0 Å². The molecule has 0 spiro atoms. The molecule has 190 valence electrons. The standard InChI is InChI=1S/C27H21Cl3N2O4S/c1-37(34,35)32(17-22-23(29)8-5-9-24(22)30)20-13-10-18(11-14-20)27(33)31-25-16-19(28)12-15-26(25)36-21-6-3-2-4-7-21/h2-16H,17H2,1H3,(H,31,33). The van der Waals surface area contributed by atoms with Gasteiger partial charge < -0.3 is 10.1 Å². The number of ether oxygens (including phenoxy) is 1. The minimum Gasteiger partial charge on any atom is -0.455 e. The fourth-order valence-electron chi connectivity index (χ4n) is 3.50. The van der Waals surface area contributed by atoms with Gasteiger partial charge in [0.2, 0.25) is 10.0 Å². The molecule has 0 aliphatic rings. The first kappa shape index (κ1) is 26.8. The Labute approximate surface area is 230 Å². The van der Waals surface area contributed by atoms with Crippen LogP contribution < -0.4 is 14.4 Å². The number of benzene rings is 4. The van der Waals surface area contributed by atoms with Crippen molar-refractivity contribution in [3.8, 4) is 11.5 Å². The van der Waals surface area contributed by atoms with Crippen LogP contribution in [0.15, 0.2) is 91.0 Å². The number of amides is 1. The predicted octanol–water partition coefficient (Wildman–Crippen LogP) is 7.66. The van der Waals surface area contributed by atoms with E-state index in [1.807, 2.05) is 18.2 Å². The lowest BCUT2D eigenvalue weighted by Gasteiger charge is -2.24. The first-order valence-electron chi connectivity index (χ1n) is 11.0. The summed E-state index contributed by atoms with van der Waals surface area (Å²) in [5.41, 5.74) is 1.52. The smallest absolute Gasteiger partial charge is 0.255 e. The lowest BCUT2D eigenvalue weighted by Crippen LogP contribution is -2.29. The third kappa shape index (κ3) is 6.76. The molecule has 0 saturated carbocycles. The molecule has 1 N–H and O–H groups in total. The van der Waals surface area contributed by atoms with E-state index < -0.39 is 15.9 Å². The average Bonchev–Trinajstić information content (AvgIpc) is 2.85. The van der Waals surface area contributed by atoms with Crippen LogP contribution in [0.25, 0.3) is 0 Å². The maximum absolute atomic E-state index is 13.0. The van der Waals surface area contributed by atoms with Crippen molar-refractivity contribution in [1.29, 1.82) is 0 Å². The van der Waals surface area contributed by atoms with E-state index in [0.29, 0.717) is 49.1 Å². The number of nitrogens with one attached hydrogen (secondary N) is 1. The van der Waals surface area contributed by atoms with Crippen LogP contribution >= 0.6 is 34.8 Å². The Morgan fingerprint density at radius 2 is 1.51 bits per heavy atom. The number of sulfonamides is 1. The Morgan fingerprint density at radius 3 is 2.14 bits per heavy atom. The van der Waals surface area contributed by atoms with Gasteiger partial charge in [-0.05, 0) is 66.7 Å². The SMILES string of the molecule is CS(=O)(=O)N(Cc1c(Cl)cccc1Cl)c1ccc(C(=O)Nc2cc(Cl)ccc2Oc2ccccc2)cc1. The molecule has 37 heavy (non-hydrogen) atoms. The largest absolute Gasteiger partial charge is 0.455 e. The average molecular weight is 576 g/mol. The van der Waals surface area contributed by atoms with Crippen molar-refractivity contribution in [3.05, 3.63) is 117 Å². The van der Waals surface area contributed by atoms with Gasteiger partial charge in [0.25, 0.3) is 5.91 Å². The van der Waals surface area contributed by atoms with Crippen molar-refractivity contribution in [2.45, 2.75) is 6.54 Å². The van der Waals surface area contributed by atoms with Gasteiger partial charge in [0.1, 0.15) is 5.75 Å². The summed E-state index contributed by atoms with van der Waals surface area (Å²) in [5.74, 6) is 0.594. The van der Waals surface area contributed by atoms with Crippen LogP contribution in [-0.4, -0.2) is 20.6 Å². The summed E-state index contributed by atoms with van der Waals surface area (Å²) in [6.07, 6.45) is 1.09. The van der Waals surface area contributed by atoms with E-state index in [0.717, 1.165) is 6.26 Å². The second-order valence-corrected chi connectivity index (χ2v) is 11.2. The molecule has 4 rings (SSSR count). The van der Waals surface area contributed by atoms with Crippen LogP contribution in [0.5, 0.6) is 11.5 Å². The molecule has 0 saturated heterocycles. The topological polar surface area (TPSA) is 75.7 Å². The number of nitrogens with zero attached hydrogens (tertiary/aromatic N) is 1. The van der Waals surface area contributed by atoms with Crippen LogP contribution in [0.3, 0.4) is 0 Å². The van der Waals surface area contributed by atoms with Gasteiger partial charge in [0.05, 0.1) is 24.2 Å². The molecule has 0 aliphatic heterocycles. The predicted molar refractivity (Wildman–Crippen MR) is 150 cm³/mol. The molecule has 1 amide bonds. The third-order valence-electron chi connectivity index (χ3n) is 5.34. The first-order valence-corrected chi connectivity index (χ1v) is 13.9. The van der Waals surface area contributed by atoms with Gasteiger partial charge in [0, 0.05) is 26.2 Å². The second-order valence-electron chi connectivity index (χ2n) is 8.03. The Morgan fingerprint density at radius 1 is 0.865 bits per heavy atom. The van der Waals surface area contributed by atoms with Crippen molar-refractivity contribution in [2.75, 3.05) is 15.9 Å². The minimum atomic E-state index is -3.69. The van der Waals surface area contributed by atoms with Crippen molar-refractivity contribution in [3.63, 3.8) is 0 Å². The molecule has 4 aromatic carbocycles. The van der Waals surface area contributed by atoms with E-state index in [1.165, 1.54) is 16.4 Å². The Bertz CT molecular complexity index is 1510. The highest BCUT2D eigenvalue weighted by molar-refractivity contribution is 7.92. The molecule has 0 aliphatic carbocycles. The highest BCUT2D eigenvalue weighted by atomic mass is 35.5. The molecular formula is C27H21Cl3N2O4S.